The Kier molecular flexibility index (Phi) is 6.85. The summed E-state index contributed by atoms with van der Waals surface area (Å²) in [4.78, 5) is 11.9. The maximum atomic E-state index is 11.9. The summed E-state index contributed by atoms with van der Waals surface area (Å²) in [5.41, 5.74) is -1.84. The van der Waals surface area contributed by atoms with Gasteiger partial charge in [-0.15, -0.1) is 0 Å². The van der Waals surface area contributed by atoms with E-state index in [1.54, 1.807) is 19.1 Å². The van der Waals surface area contributed by atoms with E-state index in [2.05, 4.69) is 0 Å². The quantitative estimate of drug-likeness (QED) is 0.398. The van der Waals surface area contributed by atoms with Crippen LogP contribution < -0.4 is 0 Å². The maximum Gasteiger partial charge on any atom is 0.187 e. The molecule has 1 saturated heterocycles. The number of rotatable bonds is 5. The molecule has 0 bridgehead atoms. The summed E-state index contributed by atoms with van der Waals surface area (Å²) >= 11 is 0. The number of ether oxygens (including phenoxy) is 2. The van der Waals surface area contributed by atoms with Crippen molar-refractivity contribution in [3.8, 4) is 0 Å². The number of aliphatic hydroxyl groups is 5. The molecule has 1 heterocycles. The lowest BCUT2D eigenvalue weighted by Gasteiger charge is -2.48. The maximum absolute atomic E-state index is 11.9. The number of hydrogen-bond donors (Lipinski definition) is 5. The largest absolute Gasteiger partial charge is 0.394 e. The standard InChI is InChI=1S/C19H32O8/c1-10-7-12(21)8-18(3,4)19(10,25)6-5-11(2)26-17-16(24)15(23)14(22)13(9-20)27-17/h5-6,10-11,13-17,20,22-25H,7-9H2,1-4H3/b6-5+/t10-,11+,13+,14+,15-,16+,17+,19+/m0/s1. The third-order valence-electron chi connectivity index (χ3n) is 5.83. The highest BCUT2D eigenvalue weighted by Gasteiger charge is 2.50. The van der Waals surface area contributed by atoms with Crippen LogP contribution in [-0.4, -0.2) is 80.3 Å². The molecule has 1 aliphatic heterocycles. The van der Waals surface area contributed by atoms with Gasteiger partial charge in [0.25, 0.3) is 0 Å². The van der Waals surface area contributed by atoms with E-state index in [0.29, 0.717) is 6.42 Å². The molecule has 8 nitrogen and oxygen atoms in total. The van der Waals surface area contributed by atoms with Crippen molar-refractivity contribution in [3.63, 3.8) is 0 Å². The predicted octanol–water partition coefficient (Wildman–Crippen LogP) is -0.496. The molecule has 0 unspecified atom stereocenters. The molecular weight excluding hydrogens is 356 g/mol. The van der Waals surface area contributed by atoms with Gasteiger partial charge >= 0.3 is 0 Å². The van der Waals surface area contributed by atoms with Crippen LogP contribution in [0.25, 0.3) is 0 Å². The van der Waals surface area contributed by atoms with Gasteiger partial charge in [-0.2, -0.15) is 0 Å². The van der Waals surface area contributed by atoms with Crippen LogP contribution in [0.1, 0.15) is 40.5 Å². The first kappa shape index (κ1) is 22.4. The minimum absolute atomic E-state index is 0.121. The Balaban J connectivity index is 2.08. The van der Waals surface area contributed by atoms with Crippen LogP contribution in [0.4, 0.5) is 0 Å². The molecule has 1 saturated carbocycles. The number of carbonyl (C=O) groups excluding carboxylic acids is 1. The molecule has 0 aromatic rings. The first-order valence-corrected chi connectivity index (χ1v) is 9.32. The number of hydrogen-bond acceptors (Lipinski definition) is 8. The Morgan fingerprint density at radius 3 is 2.44 bits per heavy atom. The van der Waals surface area contributed by atoms with Gasteiger partial charge < -0.3 is 35.0 Å². The minimum Gasteiger partial charge on any atom is -0.394 e. The number of ketones is 1. The summed E-state index contributed by atoms with van der Waals surface area (Å²) in [6.07, 6.45) is -3.51. The van der Waals surface area contributed by atoms with E-state index in [1.807, 2.05) is 20.8 Å². The van der Waals surface area contributed by atoms with Gasteiger partial charge in [0, 0.05) is 18.3 Å². The van der Waals surface area contributed by atoms with Crippen LogP contribution in [0, 0.1) is 11.3 Å². The summed E-state index contributed by atoms with van der Waals surface area (Å²) in [6.45, 7) is 6.65. The molecule has 2 aliphatic rings. The molecular formula is C19H32O8. The Morgan fingerprint density at radius 2 is 1.89 bits per heavy atom. The molecule has 2 rings (SSSR count). The molecule has 27 heavy (non-hydrogen) atoms. The average Bonchev–Trinajstić information content (AvgIpc) is 2.58. The van der Waals surface area contributed by atoms with Gasteiger partial charge in [0.05, 0.1) is 18.3 Å². The second-order valence-electron chi connectivity index (χ2n) is 8.43. The second-order valence-corrected chi connectivity index (χ2v) is 8.43. The molecule has 8 heteroatoms. The van der Waals surface area contributed by atoms with Gasteiger partial charge in [-0.1, -0.05) is 32.9 Å². The third-order valence-corrected chi connectivity index (χ3v) is 5.83. The number of Topliss-reactive ketones (excluding diaryl/α,β-unsaturated/α-hetero) is 1. The zero-order valence-electron chi connectivity index (χ0n) is 16.3. The van der Waals surface area contributed by atoms with Crippen LogP contribution in [0.15, 0.2) is 12.2 Å². The fraction of sp³-hybridized carbons (Fsp3) is 0.842. The summed E-state index contributed by atoms with van der Waals surface area (Å²) in [6, 6.07) is 0. The van der Waals surface area contributed by atoms with Crippen LogP contribution in [-0.2, 0) is 14.3 Å². The monoisotopic (exact) mass is 388 g/mol. The second kappa shape index (κ2) is 8.24. The summed E-state index contributed by atoms with van der Waals surface area (Å²) in [5, 5.41) is 50.1. The number of aliphatic hydroxyl groups excluding tert-OH is 4. The van der Waals surface area contributed by atoms with Crippen molar-refractivity contribution in [1.29, 1.82) is 0 Å². The van der Waals surface area contributed by atoms with Crippen molar-refractivity contribution in [2.24, 2.45) is 11.3 Å². The van der Waals surface area contributed by atoms with E-state index >= 15 is 0 Å². The molecule has 0 aromatic heterocycles. The van der Waals surface area contributed by atoms with E-state index in [-0.39, 0.29) is 18.1 Å². The number of carbonyl (C=O) groups is 1. The van der Waals surface area contributed by atoms with Crippen molar-refractivity contribution < 1.29 is 39.8 Å². The van der Waals surface area contributed by atoms with Gasteiger partial charge in [-0.3, -0.25) is 4.79 Å². The molecule has 5 N–H and O–H groups in total. The van der Waals surface area contributed by atoms with Crippen molar-refractivity contribution in [2.75, 3.05) is 6.61 Å². The Morgan fingerprint density at radius 1 is 1.26 bits per heavy atom. The molecule has 0 amide bonds. The fourth-order valence-corrected chi connectivity index (χ4v) is 3.98. The highest BCUT2D eigenvalue weighted by Crippen LogP contribution is 2.46. The van der Waals surface area contributed by atoms with Gasteiger partial charge in [0.1, 0.15) is 30.2 Å². The van der Waals surface area contributed by atoms with Crippen LogP contribution in [0.5, 0.6) is 0 Å². The lowest BCUT2D eigenvalue weighted by atomic mass is 9.60. The molecule has 0 radical (unpaired) electrons. The molecule has 1 aliphatic carbocycles. The SMILES string of the molecule is C[C@H](/C=C/[C@@]1(O)[C@@H](C)CC(=O)CC1(C)C)O[C@@H]1O[C@H](CO)[C@@H](O)[C@H](O)[C@H]1O. The van der Waals surface area contributed by atoms with Crippen molar-refractivity contribution in [2.45, 2.75) is 82.9 Å². The van der Waals surface area contributed by atoms with Crippen molar-refractivity contribution in [3.05, 3.63) is 12.2 Å². The fourth-order valence-electron chi connectivity index (χ4n) is 3.98. The highest BCUT2D eigenvalue weighted by atomic mass is 16.7. The normalized spacial score (nSPS) is 43.8. The first-order chi connectivity index (χ1) is 12.4. The first-order valence-electron chi connectivity index (χ1n) is 9.32. The lowest BCUT2D eigenvalue weighted by molar-refractivity contribution is -0.306. The van der Waals surface area contributed by atoms with Crippen molar-refractivity contribution >= 4 is 5.78 Å². The predicted molar refractivity (Wildman–Crippen MR) is 95.6 cm³/mol. The van der Waals surface area contributed by atoms with E-state index in [0.717, 1.165) is 0 Å². The average molecular weight is 388 g/mol. The summed E-state index contributed by atoms with van der Waals surface area (Å²) < 4.78 is 10.9. The molecule has 2 fully saturated rings. The Bertz CT molecular complexity index is 560. The zero-order valence-corrected chi connectivity index (χ0v) is 16.3. The topological polar surface area (TPSA) is 137 Å². The van der Waals surface area contributed by atoms with E-state index in [4.69, 9.17) is 9.47 Å². The van der Waals surface area contributed by atoms with Crippen LogP contribution >= 0.6 is 0 Å². The van der Waals surface area contributed by atoms with Crippen LogP contribution in [0.2, 0.25) is 0 Å². The third kappa shape index (κ3) is 4.42. The zero-order chi connectivity index (χ0) is 20.6. The van der Waals surface area contributed by atoms with Gasteiger partial charge in [-0.25, -0.2) is 0 Å². The van der Waals surface area contributed by atoms with E-state index in [1.165, 1.54) is 0 Å². The van der Waals surface area contributed by atoms with Gasteiger partial charge in [0.2, 0.25) is 0 Å². The lowest BCUT2D eigenvalue weighted by Crippen LogP contribution is -2.59. The van der Waals surface area contributed by atoms with Gasteiger partial charge in [-0.05, 0) is 12.8 Å². The summed E-state index contributed by atoms with van der Waals surface area (Å²) in [5.74, 6) is -0.138. The van der Waals surface area contributed by atoms with Crippen molar-refractivity contribution in [1.82, 2.24) is 0 Å². The molecule has 8 atom stereocenters. The smallest absolute Gasteiger partial charge is 0.187 e. The molecule has 156 valence electrons. The Labute approximate surface area is 159 Å². The van der Waals surface area contributed by atoms with Gasteiger partial charge in [0.15, 0.2) is 6.29 Å². The summed E-state index contributed by atoms with van der Waals surface area (Å²) in [7, 11) is 0. The Hall–Kier alpha value is -0.870. The van der Waals surface area contributed by atoms with E-state index in [9.17, 15) is 30.3 Å². The molecule has 0 spiro atoms. The molecule has 0 aromatic carbocycles. The van der Waals surface area contributed by atoms with Crippen LogP contribution in [0.3, 0.4) is 0 Å². The van der Waals surface area contributed by atoms with E-state index < -0.39 is 54.4 Å². The highest BCUT2D eigenvalue weighted by molar-refractivity contribution is 5.81. The minimum atomic E-state index is -1.51.